The number of nitriles is 1. The van der Waals surface area contributed by atoms with Gasteiger partial charge >= 0.3 is 0 Å². The molecule has 1 atom stereocenters. The normalized spacial score (nSPS) is 17.5. The number of rotatable bonds is 2. The van der Waals surface area contributed by atoms with Crippen molar-refractivity contribution < 1.29 is 4.74 Å². The third-order valence-corrected chi connectivity index (χ3v) is 4.59. The third-order valence-electron chi connectivity index (χ3n) is 4.59. The van der Waals surface area contributed by atoms with Crippen LogP contribution in [0.2, 0.25) is 0 Å². The first-order chi connectivity index (χ1) is 12.2. The van der Waals surface area contributed by atoms with Crippen molar-refractivity contribution in [3.05, 3.63) is 63.7 Å². The van der Waals surface area contributed by atoms with Gasteiger partial charge in [0, 0.05) is 37.0 Å². The Kier molecular flexibility index (Phi) is 3.75. The van der Waals surface area contributed by atoms with Crippen molar-refractivity contribution in [3.8, 4) is 11.8 Å². The molecule has 126 valence electrons. The lowest BCUT2D eigenvalue weighted by molar-refractivity contribution is 0.181. The first-order valence-corrected chi connectivity index (χ1v) is 8.13. The molecule has 0 saturated carbocycles. The summed E-state index contributed by atoms with van der Waals surface area (Å²) in [5, 5.41) is 11.9. The molecule has 0 amide bonds. The number of fused-ring (bicyclic) bond motifs is 2. The molecule has 25 heavy (non-hydrogen) atoms. The van der Waals surface area contributed by atoms with Crippen molar-refractivity contribution in [3.63, 3.8) is 0 Å². The summed E-state index contributed by atoms with van der Waals surface area (Å²) in [6.45, 7) is 3.95. The second-order valence-electron chi connectivity index (χ2n) is 6.08. The van der Waals surface area contributed by atoms with Gasteiger partial charge in [0.15, 0.2) is 5.65 Å². The van der Waals surface area contributed by atoms with E-state index in [9.17, 15) is 4.79 Å². The van der Waals surface area contributed by atoms with Crippen molar-refractivity contribution in [1.82, 2.24) is 19.5 Å². The summed E-state index contributed by atoms with van der Waals surface area (Å²) in [7, 11) is 0. The Bertz CT molecular complexity index is 1030. The Morgan fingerprint density at radius 3 is 3.12 bits per heavy atom. The highest BCUT2D eigenvalue weighted by molar-refractivity contribution is 5.53. The number of hydrogen-bond donors (Lipinski definition) is 1. The van der Waals surface area contributed by atoms with Gasteiger partial charge in [-0.3, -0.25) is 14.8 Å². The van der Waals surface area contributed by atoms with Crippen molar-refractivity contribution in [2.24, 2.45) is 0 Å². The molecule has 2 aromatic heterocycles. The molecule has 0 fully saturated rings. The highest BCUT2D eigenvalue weighted by atomic mass is 16.5. The SMILES string of the molecule is CC1c2ccccc2OCCN1Cc1cc(=O)n2[nH]cc(C#N)c2n1. The van der Waals surface area contributed by atoms with E-state index in [1.807, 2.05) is 18.2 Å². The smallest absolute Gasteiger partial charge is 0.272 e. The van der Waals surface area contributed by atoms with Gasteiger partial charge < -0.3 is 4.74 Å². The number of ether oxygens (including phenoxy) is 1. The minimum Gasteiger partial charge on any atom is -0.492 e. The maximum atomic E-state index is 12.3. The van der Waals surface area contributed by atoms with Crippen LogP contribution in [0.25, 0.3) is 5.65 Å². The van der Waals surface area contributed by atoms with Gasteiger partial charge in [-0.15, -0.1) is 0 Å². The van der Waals surface area contributed by atoms with E-state index < -0.39 is 0 Å². The molecule has 0 bridgehead atoms. The lowest BCUT2D eigenvalue weighted by Crippen LogP contribution is -2.30. The number of aromatic nitrogens is 3. The largest absolute Gasteiger partial charge is 0.492 e. The summed E-state index contributed by atoms with van der Waals surface area (Å²) >= 11 is 0. The maximum absolute atomic E-state index is 12.3. The zero-order valence-corrected chi connectivity index (χ0v) is 13.8. The molecule has 7 heteroatoms. The third kappa shape index (κ3) is 2.66. The summed E-state index contributed by atoms with van der Waals surface area (Å²) in [5.41, 5.74) is 2.27. The van der Waals surface area contributed by atoms with Crippen LogP contribution in [0, 0.1) is 11.3 Å². The van der Waals surface area contributed by atoms with Crippen molar-refractivity contribution in [2.75, 3.05) is 13.2 Å². The Labute approximate surface area is 144 Å². The molecule has 1 N–H and O–H groups in total. The van der Waals surface area contributed by atoms with Crippen LogP contribution in [0.4, 0.5) is 0 Å². The van der Waals surface area contributed by atoms with Crippen LogP contribution in [0.5, 0.6) is 5.75 Å². The van der Waals surface area contributed by atoms with Gasteiger partial charge in [0.05, 0.1) is 5.69 Å². The minimum atomic E-state index is -0.222. The number of nitrogens with one attached hydrogen (secondary N) is 1. The van der Waals surface area contributed by atoms with E-state index in [1.54, 1.807) is 0 Å². The molecule has 3 heterocycles. The highest BCUT2D eigenvalue weighted by Gasteiger charge is 2.23. The number of para-hydroxylation sites is 1. The standard InChI is InChI=1S/C18H17N5O2/c1-12-15-4-2-3-5-16(15)25-7-6-22(12)11-14-8-17(24)23-18(21-14)13(9-19)10-20-23/h2-5,8,10,12,20H,6-7,11H2,1H3. The first kappa shape index (κ1) is 15.4. The van der Waals surface area contributed by atoms with E-state index in [-0.39, 0.29) is 11.6 Å². The van der Waals surface area contributed by atoms with E-state index in [1.165, 1.54) is 16.8 Å². The molecule has 3 aromatic rings. The summed E-state index contributed by atoms with van der Waals surface area (Å²) in [6, 6.07) is 11.7. The Balaban J connectivity index is 1.69. The fraction of sp³-hybridized carbons (Fsp3) is 0.278. The number of benzene rings is 1. The highest BCUT2D eigenvalue weighted by Crippen LogP contribution is 2.32. The lowest BCUT2D eigenvalue weighted by atomic mass is 10.1. The zero-order valence-electron chi connectivity index (χ0n) is 13.8. The number of hydrogen-bond acceptors (Lipinski definition) is 5. The quantitative estimate of drug-likeness (QED) is 0.772. The van der Waals surface area contributed by atoms with Crippen LogP contribution in [0.15, 0.2) is 41.3 Å². The molecule has 0 aliphatic carbocycles. The van der Waals surface area contributed by atoms with Crippen molar-refractivity contribution in [2.45, 2.75) is 19.5 Å². The average molecular weight is 335 g/mol. The fourth-order valence-electron chi connectivity index (χ4n) is 3.24. The second-order valence-corrected chi connectivity index (χ2v) is 6.08. The molecule has 0 radical (unpaired) electrons. The Morgan fingerprint density at radius 1 is 1.44 bits per heavy atom. The van der Waals surface area contributed by atoms with E-state index in [0.29, 0.717) is 30.1 Å². The topological polar surface area (TPSA) is 86.4 Å². The zero-order chi connectivity index (χ0) is 17.4. The van der Waals surface area contributed by atoms with Gasteiger partial charge in [0.1, 0.15) is 24.0 Å². The average Bonchev–Trinajstić information content (AvgIpc) is 2.97. The molecule has 1 aliphatic heterocycles. The molecular formula is C18H17N5O2. The maximum Gasteiger partial charge on any atom is 0.272 e. The Morgan fingerprint density at radius 2 is 2.28 bits per heavy atom. The van der Waals surface area contributed by atoms with Crippen LogP contribution >= 0.6 is 0 Å². The van der Waals surface area contributed by atoms with Crippen LogP contribution in [-0.2, 0) is 6.54 Å². The predicted octanol–water partition coefficient (Wildman–Crippen LogP) is 1.85. The van der Waals surface area contributed by atoms with Crippen LogP contribution in [0.3, 0.4) is 0 Å². The van der Waals surface area contributed by atoms with Gasteiger partial charge in [0.2, 0.25) is 0 Å². The van der Waals surface area contributed by atoms with E-state index >= 15 is 0 Å². The van der Waals surface area contributed by atoms with Crippen LogP contribution < -0.4 is 10.3 Å². The predicted molar refractivity (Wildman–Crippen MR) is 91.3 cm³/mol. The molecular weight excluding hydrogens is 318 g/mol. The summed E-state index contributed by atoms with van der Waals surface area (Å²) in [6.07, 6.45) is 1.49. The Hall–Kier alpha value is -3.11. The molecule has 4 rings (SSSR count). The van der Waals surface area contributed by atoms with Gasteiger partial charge in [-0.2, -0.15) is 5.26 Å². The van der Waals surface area contributed by atoms with Gasteiger partial charge in [-0.05, 0) is 13.0 Å². The molecule has 0 saturated heterocycles. The monoisotopic (exact) mass is 335 g/mol. The number of nitrogens with zero attached hydrogens (tertiary/aromatic N) is 4. The van der Waals surface area contributed by atoms with E-state index in [0.717, 1.165) is 17.9 Å². The molecule has 7 nitrogen and oxygen atoms in total. The lowest BCUT2D eigenvalue weighted by Gasteiger charge is -2.26. The van der Waals surface area contributed by atoms with Crippen LogP contribution in [-0.4, -0.2) is 32.6 Å². The minimum absolute atomic E-state index is 0.139. The van der Waals surface area contributed by atoms with Crippen LogP contribution in [0.1, 0.15) is 29.8 Å². The first-order valence-electron chi connectivity index (χ1n) is 8.13. The summed E-state index contributed by atoms with van der Waals surface area (Å²) in [5.74, 6) is 0.901. The van der Waals surface area contributed by atoms with E-state index in [2.05, 4.69) is 34.0 Å². The second kappa shape index (κ2) is 6.07. The molecule has 0 spiro atoms. The molecule has 1 aliphatic rings. The van der Waals surface area contributed by atoms with Crippen molar-refractivity contribution >= 4 is 5.65 Å². The summed E-state index contributed by atoms with van der Waals surface area (Å²) in [4.78, 5) is 19.0. The molecule has 1 unspecified atom stereocenters. The number of H-pyrrole nitrogens is 1. The van der Waals surface area contributed by atoms with Gasteiger partial charge in [0.25, 0.3) is 5.56 Å². The summed E-state index contributed by atoms with van der Waals surface area (Å²) < 4.78 is 7.11. The van der Waals surface area contributed by atoms with E-state index in [4.69, 9.17) is 10.00 Å². The van der Waals surface area contributed by atoms with Crippen molar-refractivity contribution in [1.29, 1.82) is 5.26 Å². The molecule has 1 aromatic carbocycles. The number of aromatic amines is 1. The van der Waals surface area contributed by atoms with Gasteiger partial charge in [-0.25, -0.2) is 9.50 Å². The fourth-order valence-corrected chi connectivity index (χ4v) is 3.24. The van der Waals surface area contributed by atoms with Gasteiger partial charge in [-0.1, -0.05) is 18.2 Å².